The van der Waals surface area contributed by atoms with E-state index < -0.39 is 0 Å². The molecule has 1 aromatic heterocycles. The quantitative estimate of drug-likeness (QED) is 0.869. The third-order valence-electron chi connectivity index (χ3n) is 2.57. The molecule has 0 aliphatic carbocycles. The van der Waals surface area contributed by atoms with Crippen molar-refractivity contribution in [1.82, 2.24) is 4.57 Å². The maximum absolute atomic E-state index is 11.5. The fourth-order valence-corrected chi connectivity index (χ4v) is 1.95. The maximum Gasteiger partial charge on any atom is 0.250 e. The van der Waals surface area contributed by atoms with E-state index in [0.717, 1.165) is 10.2 Å². The highest BCUT2D eigenvalue weighted by molar-refractivity contribution is 9.10. The topological polar surface area (TPSA) is 31.2 Å². The lowest BCUT2D eigenvalue weighted by Crippen LogP contribution is -2.21. The van der Waals surface area contributed by atoms with Gasteiger partial charge < -0.3 is 9.30 Å². The summed E-state index contributed by atoms with van der Waals surface area (Å²) < 4.78 is 8.09. The number of benzene rings is 1. The Morgan fingerprint density at radius 3 is 2.61 bits per heavy atom. The molecule has 94 valence electrons. The standard InChI is InChI=1S/C14H14BrNO2/c1-11-2-5-13(6-3-11)18-9-8-16-10-12(15)4-7-14(16)17/h2-7,10H,8-9H2,1H3. The second kappa shape index (κ2) is 5.87. The molecule has 0 atom stereocenters. The van der Waals surface area contributed by atoms with Crippen molar-refractivity contribution in [3.63, 3.8) is 0 Å². The van der Waals surface area contributed by atoms with Crippen LogP contribution >= 0.6 is 15.9 Å². The summed E-state index contributed by atoms with van der Waals surface area (Å²) in [5.41, 5.74) is 1.18. The van der Waals surface area contributed by atoms with Crippen LogP contribution < -0.4 is 10.3 Å². The second-order valence-corrected chi connectivity index (χ2v) is 4.96. The van der Waals surface area contributed by atoms with Crippen LogP contribution in [0.5, 0.6) is 5.75 Å². The predicted octanol–water partition coefficient (Wildman–Crippen LogP) is 3.00. The van der Waals surface area contributed by atoms with Gasteiger partial charge in [0.2, 0.25) is 0 Å². The van der Waals surface area contributed by atoms with Gasteiger partial charge in [0.05, 0.1) is 6.54 Å². The summed E-state index contributed by atoms with van der Waals surface area (Å²) in [6.45, 7) is 3.04. The summed E-state index contributed by atoms with van der Waals surface area (Å²) in [7, 11) is 0. The molecule has 4 heteroatoms. The van der Waals surface area contributed by atoms with Crippen LogP contribution in [0.1, 0.15) is 5.56 Å². The van der Waals surface area contributed by atoms with E-state index in [1.807, 2.05) is 31.2 Å². The summed E-state index contributed by atoms with van der Waals surface area (Å²) in [5.74, 6) is 0.823. The molecule has 0 saturated carbocycles. The van der Waals surface area contributed by atoms with Gasteiger partial charge in [-0.3, -0.25) is 4.79 Å². The van der Waals surface area contributed by atoms with Crippen LogP contribution in [0.4, 0.5) is 0 Å². The van der Waals surface area contributed by atoms with E-state index in [9.17, 15) is 4.79 Å². The van der Waals surface area contributed by atoms with E-state index in [1.165, 1.54) is 11.6 Å². The van der Waals surface area contributed by atoms with Crippen molar-refractivity contribution in [3.05, 3.63) is 63.0 Å². The van der Waals surface area contributed by atoms with Gasteiger partial charge in [-0.05, 0) is 41.1 Å². The van der Waals surface area contributed by atoms with Crippen LogP contribution in [-0.4, -0.2) is 11.2 Å². The molecule has 0 saturated heterocycles. The van der Waals surface area contributed by atoms with Crippen LogP contribution in [0, 0.1) is 6.92 Å². The van der Waals surface area contributed by atoms with Crippen molar-refractivity contribution in [1.29, 1.82) is 0 Å². The van der Waals surface area contributed by atoms with Crippen molar-refractivity contribution in [2.75, 3.05) is 6.61 Å². The molecule has 0 radical (unpaired) electrons. The Bertz CT molecular complexity index is 575. The van der Waals surface area contributed by atoms with Crippen molar-refractivity contribution in [3.8, 4) is 5.75 Å². The first-order chi connectivity index (χ1) is 8.65. The lowest BCUT2D eigenvalue weighted by Gasteiger charge is -2.08. The first-order valence-electron chi connectivity index (χ1n) is 5.70. The van der Waals surface area contributed by atoms with E-state index in [2.05, 4.69) is 15.9 Å². The fraction of sp³-hybridized carbons (Fsp3) is 0.214. The number of halogens is 1. The summed E-state index contributed by atoms with van der Waals surface area (Å²) in [4.78, 5) is 11.5. The van der Waals surface area contributed by atoms with E-state index in [1.54, 1.807) is 16.8 Å². The average molecular weight is 308 g/mol. The molecular weight excluding hydrogens is 294 g/mol. The summed E-state index contributed by atoms with van der Waals surface area (Å²) in [6, 6.07) is 11.1. The van der Waals surface area contributed by atoms with Gasteiger partial charge in [-0.1, -0.05) is 17.7 Å². The summed E-state index contributed by atoms with van der Waals surface area (Å²) in [5, 5.41) is 0. The zero-order valence-corrected chi connectivity index (χ0v) is 11.7. The summed E-state index contributed by atoms with van der Waals surface area (Å²) in [6.07, 6.45) is 1.76. The van der Waals surface area contributed by atoms with Gasteiger partial charge in [-0.2, -0.15) is 0 Å². The first kappa shape index (κ1) is 12.9. The minimum atomic E-state index is -0.0225. The highest BCUT2D eigenvalue weighted by Gasteiger charge is 1.98. The van der Waals surface area contributed by atoms with Crippen LogP contribution in [0.2, 0.25) is 0 Å². The smallest absolute Gasteiger partial charge is 0.250 e. The molecule has 0 unspecified atom stereocenters. The number of aryl methyl sites for hydroxylation is 1. The molecule has 18 heavy (non-hydrogen) atoms. The highest BCUT2D eigenvalue weighted by atomic mass is 79.9. The summed E-state index contributed by atoms with van der Waals surface area (Å²) >= 11 is 3.34. The number of aromatic nitrogens is 1. The number of hydrogen-bond acceptors (Lipinski definition) is 2. The molecular formula is C14H14BrNO2. The van der Waals surface area contributed by atoms with Crippen molar-refractivity contribution < 1.29 is 4.74 Å². The van der Waals surface area contributed by atoms with Crippen LogP contribution in [0.25, 0.3) is 0 Å². The Labute approximate surface area is 114 Å². The molecule has 2 aromatic rings. The Morgan fingerprint density at radius 1 is 1.17 bits per heavy atom. The van der Waals surface area contributed by atoms with Crippen LogP contribution in [0.3, 0.4) is 0 Å². The Hall–Kier alpha value is -1.55. The molecule has 0 amide bonds. The molecule has 3 nitrogen and oxygen atoms in total. The van der Waals surface area contributed by atoms with Crippen LogP contribution in [-0.2, 0) is 6.54 Å². The van der Waals surface area contributed by atoms with E-state index in [0.29, 0.717) is 13.2 Å². The predicted molar refractivity (Wildman–Crippen MR) is 75.1 cm³/mol. The SMILES string of the molecule is Cc1ccc(OCCn2cc(Br)ccc2=O)cc1. The Kier molecular flexibility index (Phi) is 4.20. The number of ether oxygens (including phenoxy) is 1. The normalized spacial score (nSPS) is 10.3. The number of hydrogen-bond donors (Lipinski definition) is 0. The molecule has 0 N–H and O–H groups in total. The third-order valence-corrected chi connectivity index (χ3v) is 3.04. The van der Waals surface area contributed by atoms with Gasteiger partial charge in [-0.15, -0.1) is 0 Å². The third kappa shape index (κ3) is 3.47. The maximum atomic E-state index is 11.5. The van der Waals surface area contributed by atoms with Crippen molar-refractivity contribution in [2.45, 2.75) is 13.5 Å². The monoisotopic (exact) mass is 307 g/mol. The molecule has 0 aliphatic heterocycles. The molecule has 0 fully saturated rings. The molecule has 0 spiro atoms. The fourth-order valence-electron chi connectivity index (χ4n) is 1.57. The molecule has 1 aromatic carbocycles. The molecule has 0 aliphatic rings. The molecule has 0 bridgehead atoms. The minimum Gasteiger partial charge on any atom is -0.492 e. The van der Waals surface area contributed by atoms with Gasteiger partial charge in [0.15, 0.2) is 0 Å². The molecule has 1 heterocycles. The average Bonchev–Trinajstić information content (AvgIpc) is 2.36. The largest absolute Gasteiger partial charge is 0.492 e. The van der Waals surface area contributed by atoms with Crippen molar-refractivity contribution >= 4 is 15.9 Å². The van der Waals surface area contributed by atoms with E-state index in [4.69, 9.17) is 4.74 Å². The van der Waals surface area contributed by atoms with Gasteiger partial charge in [-0.25, -0.2) is 0 Å². The number of rotatable bonds is 4. The van der Waals surface area contributed by atoms with Gasteiger partial charge in [0, 0.05) is 16.7 Å². The lowest BCUT2D eigenvalue weighted by molar-refractivity contribution is 0.296. The number of nitrogens with zero attached hydrogens (tertiary/aromatic N) is 1. The van der Waals surface area contributed by atoms with Gasteiger partial charge in [0.25, 0.3) is 5.56 Å². The Balaban J connectivity index is 1.94. The second-order valence-electron chi connectivity index (χ2n) is 4.04. The minimum absolute atomic E-state index is 0.0225. The highest BCUT2D eigenvalue weighted by Crippen LogP contribution is 2.11. The zero-order valence-electron chi connectivity index (χ0n) is 10.1. The zero-order chi connectivity index (χ0) is 13.0. The van der Waals surface area contributed by atoms with E-state index in [-0.39, 0.29) is 5.56 Å². The van der Waals surface area contributed by atoms with Crippen molar-refractivity contribution in [2.24, 2.45) is 0 Å². The van der Waals surface area contributed by atoms with Crippen LogP contribution in [0.15, 0.2) is 51.9 Å². The molecule has 2 rings (SSSR count). The van der Waals surface area contributed by atoms with E-state index >= 15 is 0 Å². The van der Waals surface area contributed by atoms with Gasteiger partial charge >= 0.3 is 0 Å². The first-order valence-corrected chi connectivity index (χ1v) is 6.50. The van der Waals surface area contributed by atoms with Gasteiger partial charge in [0.1, 0.15) is 12.4 Å². The number of pyridine rings is 1. The Morgan fingerprint density at radius 2 is 1.89 bits per heavy atom. The lowest BCUT2D eigenvalue weighted by atomic mass is 10.2.